The first-order valence-electron chi connectivity index (χ1n) is 6.45. The molecule has 1 N–H and O–H groups in total. The molecular formula is C13H22N2S. The van der Waals surface area contributed by atoms with Crippen LogP contribution in [0.1, 0.15) is 55.1 Å². The molecule has 1 aromatic heterocycles. The molecule has 0 saturated heterocycles. The van der Waals surface area contributed by atoms with Gasteiger partial charge in [0.15, 0.2) is 0 Å². The molecule has 1 heterocycles. The van der Waals surface area contributed by atoms with E-state index in [4.69, 9.17) is 4.98 Å². The van der Waals surface area contributed by atoms with Crippen molar-refractivity contribution in [2.75, 3.05) is 6.54 Å². The van der Waals surface area contributed by atoms with Gasteiger partial charge in [0.25, 0.3) is 0 Å². The van der Waals surface area contributed by atoms with Crippen molar-refractivity contribution in [3.63, 3.8) is 0 Å². The van der Waals surface area contributed by atoms with Crippen LogP contribution >= 0.6 is 11.3 Å². The van der Waals surface area contributed by atoms with Crippen LogP contribution in [0.2, 0.25) is 0 Å². The van der Waals surface area contributed by atoms with Crippen LogP contribution in [0.5, 0.6) is 0 Å². The Bertz CT molecular complexity index is 346. The van der Waals surface area contributed by atoms with E-state index in [1.54, 1.807) is 0 Å². The van der Waals surface area contributed by atoms with Gasteiger partial charge in [-0.15, -0.1) is 11.3 Å². The summed E-state index contributed by atoms with van der Waals surface area (Å²) in [6.45, 7) is 8.76. The Kier molecular flexibility index (Phi) is 3.98. The predicted octanol–water partition coefficient (Wildman–Crippen LogP) is 3.33. The second-order valence-corrected chi connectivity index (χ2v) is 5.89. The van der Waals surface area contributed by atoms with E-state index in [1.165, 1.54) is 28.4 Å². The van der Waals surface area contributed by atoms with E-state index in [-0.39, 0.29) is 0 Å². The van der Waals surface area contributed by atoms with E-state index in [2.05, 4.69) is 26.1 Å². The first-order valence-corrected chi connectivity index (χ1v) is 7.27. The fourth-order valence-electron chi connectivity index (χ4n) is 2.04. The SMILES string of the molecule is CCCc1nc(C2CC2C)sc1CNCC. The van der Waals surface area contributed by atoms with Crippen LogP contribution in [0.25, 0.3) is 0 Å². The summed E-state index contributed by atoms with van der Waals surface area (Å²) in [5.41, 5.74) is 1.35. The van der Waals surface area contributed by atoms with Gasteiger partial charge < -0.3 is 5.32 Å². The fraction of sp³-hybridized carbons (Fsp3) is 0.769. The van der Waals surface area contributed by atoms with Crippen LogP contribution in [-0.4, -0.2) is 11.5 Å². The van der Waals surface area contributed by atoms with Gasteiger partial charge in [-0.05, 0) is 25.3 Å². The summed E-state index contributed by atoms with van der Waals surface area (Å²) in [6, 6.07) is 0. The summed E-state index contributed by atoms with van der Waals surface area (Å²) in [4.78, 5) is 6.31. The van der Waals surface area contributed by atoms with Crippen molar-refractivity contribution in [3.05, 3.63) is 15.6 Å². The summed E-state index contributed by atoms with van der Waals surface area (Å²) in [6.07, 6.45) is 3.68. The van der Waals surface area contributed by atoms with Crippen LogP contribution in [-0.2, 0) is 13.0 Å². The van der Waals surface area contributed by atoms with Crippen LogP contribution in [0, 0.1) is 5.92 Å². The Labute approximate surface area is 102 Å². The number of nitrogens with one attached hydrogen (secondary N) is 1. The van der Waals surface area contributed by atoms with Crippen molar-refractivity contribution >= 4 is 11.3 Å². The van der Waals surface area contributed by atoms with Crippen LogP contribution in [0.4, 0.5) is 0 Å². The molecule has 1 aliphatic carbocycles. The fourth-order valence-corrected chi connectivity index (χ4v) is 3.36. The third-order valence-corrected chi connectivity index (χ3v) is 4.47. The van der Waals surface area contributed by atoms with Crippen molar-refractivity contribution in [3.8, 4) is 0 Å². The molecule has 0 spiro atoms. The Balaban J connectivity index is 2.10. The number of rotatable bonds is 6. The Morgan fingerprint density at radius 1 is 1.44 bits per heavy atom. The molecule has 2 rings (SSSR count). The number of hydrogen-bond acceptors (Lipinski definition) is 3. The minimum absolute atomic E-state index is 0.774. The summed E-state index contributed by atoms with van der Waals surface area (Å²) >= 11 is 1.94. The van der Waals surface area contributed by atoms with Gasteiger partial charge in [0.05, 0.1) is 10.7 Å². The highest BCUT2D eigenvalue weighted by Gasteiger charge is 2.37. The van der Waals surface area contributed by atoms with Crippen LogP contribution in [0.3, 0.4) is 0 Å². The molecule has 3 heteroatoms. The van der Waals surface area contributed by atoms with E-state index in [0.717, 1.165) is 31.3 Å². The monoisotopic (exact) mass is 238 g/mol. The van der Waals surface area contributed by atoms with Gasteiger partial charge in [0.2, 0.25) is 0 Å². The molecule has 2 unspecified atom stereocenters. The van der Waals surface area contributed by atoms with Crippen LogP contribution in [0.15, 0.2) is 0 Å². The molecule has 1 aliphatic rings. The van der Waals surface area contributed by atoms with Gasteiger partial charge in [0, 0.05) is 17.3 Å². The van der Waals surface area contributed by atoms with E-state index >= 15 is 0 Å². The largest absolute Gasteiger partial charge is 0.312 e. The standard InChI is InChI=1S/C13H22N2S/c1-4-6-11-12(8-14-5-2)16-13(15-11)10-7-9(10)3/h9-10,14H,4-8H2,1-3H3. The molecule has 0 radical (unpaired) electrons. The van der Waals surface area contributed by atoms with E-state index < -0.39 is 0 Å². The maximum absolute atomic E-state index is 4.84. The lowest BCUT2D eigenvalue weighted by atomic mass is 10.2. The van der Waals surface area contributed by atoms with E-state index in [9.17, 15) is 0 Å². The smallest absolute Gasteiger partial charge is 0.0965 e. The molecule has 1 saturated carbocycles. The zero-order chi connectivity index (χ0) is 11.5. The molecule has 0 aliphatic heterocycles. The first kappa shape index (κ1) is 12.1. The summed E-state index contributed by atoms with van der Waals surface area (Å²) in [5, 5.41) is 4.81. The molecular weight excluding hydrogens is 216 g/mol. The second-order valence-electron chi connectivity index (χ2n) is 4.77. The molecule has 1 aromatic rings. The summed E-state index contributed by atoms with van der Waals surface area (Å²) < 4.78 is 0. The molecule has 0 amide bonds. The highest BCUT2D eigenvalue weighted by molar-refractivity contribution is 7.11. The highest BCUT2D eigenvalue weighted by atomic mass is 32.1. The van der Waals surface area contributed by atoms with Crippen molar-refractivity contribution < 1.29 is 0 Å². The number of thiazole rings is 1. The lowest BCUT2D eigenvalue weighted by molar-refractivity contribution is 0.722. The number of aryl methyl sites for hydroxylation is 1. The molecule has 0 aromatic carbocycles. The molecule has 16 heavy (non-hydrogen) atoms. The summed E-state index contributed by atoms with van der Waals surface area (Å²) in [7, 11) is 0. The van der Waals surface area contributed by atoms with Crippen molar-refractivity contribution in [2.24, 2.45) is 5.92 Å². The van der Waals surface area contributed by atoms with Crippen molar-refractivity contribution in [2.45, 2.75) is 52.5 Å². The van der Waals surface area contributed by atoms with E-state index in [1.807, 2.05) is 11.3 Å². The molecule has 2 atom stereocenters. The predicted molar refractivity (Wildman–Crippen MR) is 70.0 cm³/mol. The van der Waals surface area contributed by atoms with Crippen molar-refractivity contribution in [1.82, 2.24) is 10.3 Å². The summed E-state index contributed by atoms with van der Waals surface area (Å²) in [5.74, 6) is 1.64. The maximum atomic E-state index is 4.84. The molecule has 1 fully saturated rings. The zero-order valence-electron chi connectivity index (χ0n) is 10.5. The molecule has 90 valence electrons. The van der Waals surface area contributed by atoms with Crippen molar-refractivity contribution in [1.29, 1.82) is 0 Å². The van der Waals surface area contributed by atoms with E-state index in [0.29, 0.717) is 0 Å². The highest BCUT2D eigenvalue weighted by Crippen LogP contribution is 2.48. The maximum Gasteiger partial charge on any atom is 0.0965 e. The number of hydrogen-bond donors (Lipinski definition) is 1. The van der Waals surface area contributed by atoms with Gasteiger partial charge in [-0.1, -0.05) is 27.2 Å². The number of nitrogens with zero attached hydrogens (tertiary/aromatic N) is 1. The number of aromatic nitrogens is 1. The lowest BCUT2D eigenvalue weighted by Gasteiger charge is -2.00. The first-order chi connectivity index (χ1) is 7.76. The Morgan fingerprint density at radius 3 is 2.75 bits per heavy atom. The Morgan fingerprint density at radius 2 is 2.19 bits per heavy atom. The second kappa shape index (κ2) is 5.28. The quantitative estimate of drug-likeness (QED) is 0.822. The molecule has 0 bridgehead atoms. The average molecular weight is 238 g/mol. The third kappa shape index (κ3) is 2.64. The van der Waals surface area contributed by atoms with Gasteiger partial charge in [0.1, 0.15) is 0 Å². The lowest BCUT2D eigenvalue weighted by Crippen LogP contribution is -2.11. The zero-order valence-corrected chi connectivity index (χ0v) is 11.4. The molecule has 2 nitrogen and oxygen atoms in total. The minimum Gasteiger partial charge on any atom is -0.312 e. The van der Waals surface area contributed by atoms with Crippen LogP contribution < -0.4 is 5.32 Å². The van der Waals surface area contributed by atoms with Gasteiger partial charge in [-0.3, -0.25) is 0 Å². The normalized spacial score (nSPS) is 23.7. The van der Waals surface area contributed by atoms with Gasteiger partial charge in [-0.2, -0.15) is 0 Å². The average Bonchev–Trinajstić information content (AvgIpc) is 2.87. The minimum atomic E-state index is 0.774. The third-order valence-electron chi connectivity index (χ3n) is 3.24. The topological polar surface area (TPSA) is 24.9 Å². The Hall–Kier alpha value is -0.410. The van der Waals surface area contributed by atoms with Gasteiger partial charge in [-0.25, -0.2) is 4.98 Å². The van der Waals surface area contributed by atoms with Gasteiger partial charge >= 0.3 is 0 Å².